The van der Waals surface area contributed by atoms with E-state index in [1.54, 1.807) is 0 Å². The molecule has 0 N–H and O–H groups in total. The largest absolute Gasteiger partial charge is 0.414 e. The molecule has 0 amide bonds. The van der Waals surface area contributed by atoms with E-state index in [0.717, 1.165) is 0 Å². The van der Waals surface area contributed by atoms with Crippen molar-refractivity contribution < 1.29 is 18.3 Å². The van der Waals surface area contributed by atoms with E-state index in [0.29, 0.717) is 12.5 Å². The minimum absolute atomic E-state index is 0.110. The third-order valence-electron chi connectivity index (χ3n) is 4.12. The molecular formula is C13H26BFO3SSi. The first-order valence-electron chi connectivity index (χ1n) is 6.90. The molecule has 3 nitrogen and oxygen atoms in total. The molecule has 0 aromatic rings. The summed E-state index contributed by atoms with van der Waals surface area (Å²) in [4.78, 5) is 0. The maximum absolute atomic E-state index is 14.0. The Kier molecular flexibility index (Phi) is 6.60. The highest BCUT2D eigenvalue weighted by molar-refractivity contribution is 7.98. The molecule has 116 valence electrons. The van der Waals surface area contributed by atoms with Crippen LogP contribution in [0.5, 0.6) is 0 Å². The summed E-state index contributed by atoms with van der Waals surface area (Å²) in [6.45, 7) is 11.2. The highest BCUT2D eigenvalue weighted by Gasteiger charge is 2.45. The van der Waals surface area contributed by atoms with E-state index in [1.165, 1.54) is 11.8 Å². The number of thioether (sulfide) groups is 1. The summed E-state index contributed by atoms with van der Waals surface area (Å²) in [5.41, 5.74) is 0. The standard InChI is InChI=1S/C13H26BFO3SSi/c1-13(2,3)20(5,6)17-7-9-11(16-8-19-4)10(15)12(14)18-9/h9-12H,7-8H2,1-6H3/t9?,10-,11?,12+/m0/s1. The molecule has 1 fully saturated rings. The van der Waals surface area contributed by atoms with Gasteiger partial charge in [0.2, 0.25) is 0 Å². The topological polar surface area (TPSA) is 27.7 Å². The van der Waals surface area contributed by atoms with Gasteiger partial charge in [-0.3, -0.25) is 0 Å². The van der Waals surface area contributed by atoms with Crippen LogP contribution in [-0.4, -0.2) is 59.3 Å². The van der Waals surface area contributed by atoms with E-state index in [-0.39, 0.29) is 5.04 Å². The molecule has 2 unspecified atom stereocenters. The molecule has 20 heavy (non-hydrogen) atoms. The lowest BCUT2D eigenvalue weighted by Gasteiger charge is -2.37. The summed E-state index contributed by atoms with van der Waals surface area (Å²) in [5, 5.41) is 0.110. The highest BCUT2D eigenvalue weighted by Crippen LogP contribution is 2.37. The van der Waals surface area contributed by atoms with Gasteiger partial charge in [-0.05, 0) is 24.4 Å². The third kappa shape index (κ3) is 4.47. The third-order valence-corrected chi connectivity index (χ3v) is 8.99. The second-order valence-corrected chi connectivity index (χ2v) is 12.3. The first-order chi connectivity index (χ1) is 9.10. The molecule has 2 radical (unpaired) electrons. The van der Waals surface area contributed by atoms with Crippen molar-refractivity contribution in [3.8, 4) is 0 Å². The molecule has 1 aliphatic heterocycles. The van der Waals surface area contributed by atoms with Gasteiger partial charge in [-0.1, -0.05) is 20.8 Å². The van der Waals surface area contributed by atoms with Crippen molar-refractivity contribution in [2.24, 2.45) is 0 Å². The molecule has 7 heteroatoms. The van der Waals surface area contributed by atoms with Crippen LogP contribution in [0.3, 0.4) is 0 Å². The number of halogens is 1. The molecule has 1 rings (SSSR count). The van der Waals surface area contributed by atoms with Gasteiger partial charge >= 0.3 is 0 Å². The predicted octanol–water partition coefficient (Wildman–Crippen LogP) is 2.95. The Morgan fingerprint density at radius 3 is 2.45 bits per heavy atom. The zero-order valence-electron chi connectivity index (χ0n) is 13.3. The fourth-order valence-corrected chi connectivity index (χ4v) is 3.04. The average molecular weight is 320 g/mol. The molecular weight excluding hydrogens is 294 g/mol. The lowest BCUT2D eigenvalue weighted by atomic mass is 9.94. The number of ether oxygens (including phenoxy) is 2. The Morgan fingerprint density at radius 2 is 1.95 bits per heavy atom. The van der Waals surface area contributed by atoms with Crippen molar-refractivity contribution in [1.29, 1.82) is 0 Å². The summed E-state index contributed by atoms with van der Waals surface area (Å²) in [6.07, 6.45) is -0.455. The second-order valence-electron chi connectivity index (χ2n) is 6.69. The van der Waals surface area contributed by atoms with Crippen LogP contribution in [0.2, 0.25) is 18.1 Å². The molecule has 0 aromatic heterocycles. The van der Waals surface area contributed by atoms with E-state index in [2.05, 4.69) is 33.9 Å². The average Bonchev–Trinajstić information content (AvgIpc) is 2.59. The highest BCUT2D eigenvalue weighted by atomic mass is 32.2. The smallest absolute Gasteiger partial charge is 0.192 e. The van der Waals surface area contributed by atoms with Gasteiger partial charge in [0, 0.05) is 0 Å². The summed E-state index contributed by atoms with van der Waals surface area (Å²) in [5.74, 6) is 0.428. The van der Waals surface area contributed by atoms with Crippen LogP contribution in [0.1, 0.15) is 20.8 Å². The van der Waals surface area contributed by atoms with Crippen LogP contribution in [0, 0.1) is 0 Å². The van der Waals surface area contributed by atoms with Crippen LogP contribution >= 0.6 is 11.8 Å². The molecule has 0 aliphatic carbocycles. The van der Waals surface area contributed by atoms with Crippen LogP contribution < -0.4 is 0 Å². The summed E-state index contributed by atoms with van der Waals surface area (Å²) in [7, 11) is 3.75. The summed E-state index contributed by atoms with van der Waals surface area (Å²) < 4.78 is 31.0. The van der Waals surface area contributed by atoms with E-state index >= 15 is 0 Å². The van der Waals surface area contributed by atoms with Crippen molar-refractivity contribution >= 4 is 27.9 Å². The minimum atomic E-state index is -1.88. The molecule has 4 atom stereocenters. The molecule has 1 heterocycles. The number of alkyl halides is 1. The Morgan fingerprint density at radius 1 is 1.35 bits per heavy atom. The zero-order chi connectivity index (χ0) is 15.6. The Hall–Kier alpha value is 0.442. The molecule has 0 spiro atoms. The predicted molar refractivity (Wildman–Crippen MR) is 85.7 cm³/mol. The SMILES string of the molecule is [B][C@@H]1OC(CO[Si](C)(C)C(C)(C)C)C(OCSC)[C@@H]1F. The Bertz CT molecular complexity index is 314. The summed E-state index contributed by atoms with van der Waals surface area (Å²) in [6, 6.07) is -0.921. The van der Waals surface area contributed by atoms with E-state index in [1.807, 2.05) is 6.26 Å². The fourth-order valence-electron chi connectivity index (χ4n) is 1.73. The summed E-state index contributed by atoms with van der Waals surface area (Å²) >= 11 is 1.50. The van der Waals surface area contributed by atoms with Crippen molar-refractivity contribution in [2.75, 3.05) is 18.8 Å². The quantitative estimate of drug-likeness (QED) is 0.555. The van der Waals surface area contributed by atoms with Crippen molar-refractivity contribution in [3.05, 3.63) is 0 Å². The molecule has 0 aromatic carbocycles. The van der Waals surface area contributed by atoms with Crippen LogP contribution in [0.4, 0.5) is 4.39 Å². The molecule has 1 saturated heterocycles. The van der Waals surface area contributed by atoms with Crippen molar-refractivity contribution in [1.82, 2.24) is 0 Å². The van der Waals surface area contributed by atoms with E-state index in [4.69, 9.17) is 21.7 Å². The van der Waals surface area contributed by atoms with Gasteiger partial charge in [-0.15, -0.1) is 11.8 Å². The van der Waals surface area contributed by atoms with Gasteiger partial charge in [-0.25, -0.2) is 4.39 Å². The van der Waals surface area contributed by atoms with Crippen molar-refractivity contribution in [3.63, 3.8) is 0 Å². The fraction of sp³-hybridized carbons (Fsp3) is 1.00. The Labute approximate surface area is 128 Å². The van der Waals surface area contributed by atoms with Gasteiger partial charge in [0.1, 0.15) is 26.2 Å². The van der Waals surface area contributed by atoms with Gasteiger partial charge < -0.3 is 13.9 Å². The molecule has 1 aliphatic rings. The maximum atomic E-state index is 14.0. The van der Waals surface area contributed by atoms with Crippen LogP contribution in [-0.2, 0) is 13.9 Å². The molecule has 0 saturated carbocycles. The first-order valence-corrected chi connectivity index (χ1v) is 11.2. The normalized spacial score (nSPS) is 31.8. The monoisotopic (exact) mass is 320 g/mol. The van der Waals surface area contributed by atoms with Crippen LogP contribution in [0.25, 0.3) is 0 Å². The Balaban J connectivity index is 2.61. The number of rotatable bonds is 6. The van der Waals surface area contributed by atoms with Gasteiger partial charge in [0.05, 0.1) is 18.5 Å². The van der Waals surface area contributed by atoms with Crippen molar-refractivity contribution in [2.45, 2.75) is 63.3 Å². The van der Waals surface area contributed by atoms with E-state index < -0.39 is 32.7 Å². The lowest BCUT2D eigenvalue weighted by molar-refractivity contribution is -0.0267. The van der Waals surface area contributed by atoms with Crippen LogP contribution in [0.15, 0.2) is 0 Å². The lowest BCUT2D eigenvalue weighted by Crippen LogP contribution is -2.44. The maximum Gasteiger partial charge on any atom is 0.192 e. The van der Waals surface area contributed by atoms with Gasteiger partial charge in [0.15, 0.2) is 8.32 Å². The second kappa shape index (κ2) is 7.14. The van der Waals surface area contributed by atoms with E-state index in [9.17, 15) is 4.39 Å². The van der Waals surface area contributed by atoms with Gasteiger partial charge in [0.25, 0.3) is 0 Å². The van der Waals surface area contributed by atoms with Gasteiger partial charge in [-0.2, -0.15) is 0 Å². The minimum Gasteiger partial charge on any atom is -0.414 e. The molecule has 0 bridgehead atoms. The number of hydrogen-bond acceptors (Lipinski definition) is 4. The zero-order valence-corrected chi connectivity index (χ0v) is 15.1. The first kappa shape index (κ1) is 18.5. The number of hydrogen-bond donors (Lipinski definition) is 0.